The van der Waals surface area contributed by atoms with E-state index in [1.807, 2.05) is 0 Å². The Morgan fingerprint density at radius 2 is 2.31 bits per heavy atom. The topological polar surface area (TPSA) is 33.0 Å². The van der Waals surface area contributed by atoms with Crippen LogP contribution in [0.2, 0.25) is 0 Å². The highest BCUT2D eigenvalue weighted by molar-refractivity contribution is 5.27. The monoisotopic (exact) mass is 219 g/mol. The van der Waals surface area contributed by atoms with E-state index >= 15 is 0 Å². The SMILES string of the molecule is Cc1cc(C2OCCCC2C#N)ccc1F. The number of nitrogens with zero attached hydrogens (tertiary/aromatic N) is 1. The summed E-state index contributed by atoms with van der Waals surface area (Å²) < 4.78 is 18.8. The highest BCUT2D eigenvalue weighted by atomic mass is 19.1. The summed E-state index contributed by atoms with van der Waals surface area (Å²) in [5, 5.41) is 9.04. The second-order valence-electron chi connectivity index (χ2n) is 4.18. The van der Waals surface area contributed by atoms with Gasteiger partial charge < -0.3 is 4.74 Å². The molecule has 2 unspecified atom stereocenters. The van der Waals surface area contributed by atoms with E-state index in [1.54, 1.807) is 19.1 Å². The van der Waals surface area contributed by atoms with Crippen molar-refractivity contribution in [1.29, 1.82) is 5.26 Å². The molecule has 84 valence electrons. The molecule has 0 saturated carbocycles. The molecule has 1 aromatic rings. The first-order valence-corrected chi connectivity index (χ1v) is 5.49. The Morgan fingerprint density at radius 1 is 1.50 bits per heavy atom. The molecule has 0 bridgehead atoms. The Kier molecular flexibility index (Phi) is 3.21. The summed E-state index contributed by atoms with van der Waals surface area (Å²) in [4.78, 5) is 0. The third-order valence-electron chi connectivity index (χ3n) is 3.00. The van der Waals surface area contributed by atoms with Crippen molar-refractivity contribution in [2.75, 3.05) is 6.61 Å². The number of nitriles is 1. The van der Waals surface area contributed by atoms with Gasteiger partial charge in [-0.3, -0.25) is 0 Å². The first-order valence-electron chi connectivity index (χ1n) is 5.49. The van der Waals surface area contributed by atoms with Crippen molar-refractivity contribution in [3.8, 4) is 6.07 Å². The molecular weight excluding hydrogens is 205 g/mol. The summed E-state index contributed by atoms with van der Waals surface area (Å²) in [6.45, 7) is 2.41. The molecule has 1 heterocycles. The molecular formula is C13H14FNO. The van der Waals surface area contributed by atoms with E-state index < -0.39 is 0 Å². The van der Waals surface area contributed by atoms with Crippen LogP contribution in [0.5, 0.6) is 0 Å². The fourth-order valence-electron chi connectivity index (χ4n) is 2.09. The van der Waals surface area contributed by atoms with Crippen LogP contribution in [-0.2, 0) is 4.74 Å². The molecule has 1 aliphatic rings. The van der Waals surface area contributed by atoms with Gasteiger partial charge in [-0.1, -0.05) is 12.1 Å². The van der Waals surface area contributed by atoms with Crippen LogP contribution in [0.15, 0.2) is 18.2 Å². The summed E-state index contributed by atoms with van der Waals surface area (Å²) in [5.41, 5.74) is 1.51. The van der Waals surface area contributed by atoms with Crippen LogP contribution in [0.1, 0.15) is 30.1 Å². The van der Waals surface area contributed by atoms with Crippen LogP contribution in [0.4, 0.5) is 4.39 Å². The van der Waals surface area contributed by atoms with Crippen molar-refractivity contribution in [1.82, 2.24) is 0 Å². The number of hydrogen-bond donors (Lipinski definition) is 0. The Labute approximate surface area is 94.7 Å². The molecule has 1 aliphatic heterocycles. The van der Waals surface area contributed by atoms with Gasteiger partial charge in [0.15, 0.2) is 0 Å². The van der Waals surface area contributed by atoms with Crippen LogP contribution < -0.4 is 0 Å². The lowest BCUT2D eigenvalue weighted by atomic mass is 9.90. The smallest absolute Gasteiger partial charge is 0.126 e. The number of benzene rings is 1. The van der Waals surface area contributed by atoms with Gasteiger partial charge in [-0.05, 0) is 37.0 Å². The largest absolute Gasteiger partial charge is 0.372 e. The van der Waals surface area contributed by atoms with E-state index in [0.717, 1.165) is 18.4 Å². The minimum absolute atomic E-state index is 0.112. The number of rotatable bonds is 1. The summed E-state index contributed by atoms with van der Waals surface area (Å²) >= 11 is 0. The summed E-state index contributed by atoms with van der Waals surface area (Å²) in [6.07, 6.45) is 1.59. The predicted molar refractivity (Wildman–Crippen MR) is 58.2 cm³/mol. The maximum Gasteiger partial charge on any atom is 0.126 e. The Balaban J connectivity index is 2.28. The van der Waals surface area contributed by atoms with E-state index in [4.69, 9.17) is 10.00 Å². The first kappa shape index (κ1) is 11.1. The van der Waals surface area contributed by atoms with Gasteiger partial charge in [-0.25, -0.2) is 4.39 Å². The lowest BCUT2D eigenvalue weighted by Crippen LogP contribution is -2.21. The second-order valence-corrected chi connectivity index (χ2v) is 4.18. The molecule has 0 N–H and O–H groups in total. The van der Waals surface area contributed by atoms with Crippen molar-refractivity contribution in [3.05, 3.63) is 35.1 Å². The number of halogens is 1. The third-order valence-corrected chi connectivity index (χ3v) is 3.00. The molecule has 0 aromatic heterocycles. The molecule has 0 spiro atoms. The minimum atomic E-state index is -0.215. The predicted octanol–water partition coefficient (Wildman–Crippen LogP) is 3.13. The van der Waals surface area contributed by atoms with Crippen molar-refractivity contribution >= 4 is 0 Å². The molecule has 1 saturated heterocycles. The van der Waals surface area contributed by atoms with E-state index in [1.165, 1.54) is 6.07 Å². The summed E-state index contributed by atoms with van der Waals surface area (Å²) in [5.74, 6) is -0.327. The Morgan fingerprint density at radius 3 is 3.00 bits per heavy atom. The molecule has 2 atom stereocenters. The van der Waals surface area contributed by atoms with Crippen LogP contribution in [0, 0.1) is 30.0 Å². The number of hydrogen-bond acceptors (Lipinski definition) is 2. The molecule has 0 radical (unpaired) electrons. The van der Waals surface area contributed by atoms with Gasteiger partial charge in [0.1, 0.15) is 5.82 Å². The van der Waals surface area contributed by atoms with E-state index in [2.05, 4.69) is 6.07 Å². The van der Waals surface area contributed by atoms with Gasteiger partial charge in [0.05, 0.1) is 18.1 Å². The number of aryl methyl sites for hydroxylation is 1. The quantitative estimate of drug-likeness (QED) is 0.727. The highest BCUT2D eigenvalue weighted by Gasteiger charge is 2.27. The van der Waals surface area contributed by atoms with Gasteiger partial charge in [0.25, 0.3) is 0 Å². The zero-order valence-corrected chi connectivity index (χ0v) is 9.24. The van der Waals surface area contributed by atoms with E-state index in [9.17, 15) is 4.39 Å². The second kappa shape index (κ2) is 4.63. The molecule has 1 fully saturated rings. The van der Waals surface area contributed by atoms with Gasteiger partial charge in [0.2, 0.25) is 0 Å². The van der Waals surface area contributed by atoms with Crippen LogP contribution in [0.3, 0.4) is 0 Å². The van der Waals surface area contributed by atoms with Crippen molar-refractivity contribution < 1.29 is 9.13 Å². The number of ether oxygens (including phenoxy) is 1. The zero-order valence-electron chi connectivity index (χ0n) is 9.24. The van der Waals surface area contributed by atoms with Crippen molar-refractivity contribution in [2.45, 2.75) is 25.9 Å². The fourth-order valence-corrected chi connectivity index (χ4v) is 2.09. The van der Waals surface area contributed by atoms with E-state index in [-0.39, 0.29) is 17.8 Å². The van der Waals surface area contributed by atoms with Gasteiger partial charge in [-0.15, -0.1) is 0 Å². The maximum atomic E-state index is 13.1. The molecule has 16 heavy (non-hydrogen) atoms. The molecule has 1 aromatic carbocycles. The van der Waals surface area contributed by atoms with Gasteiger partial charge >= 0.3 is 0 Å². The van der Waals surface area contributed by atoms with Crippen molar-refractivity contribution in [2.24, 2.45) is 5.92 Å². The summed E-state index contributed by atoms with van der Waals surface area (Å²) in [7, 11) is 0. The normalized spacial score (nSPS) is 25.1. The standard InChI is InChI=1S/C13H14FNO/c1-9-7-10(4-5-12(9)14)13-11(8-15)3-2-6-16-13/h4-5,7,11,13H,2-3,6H2,1H3. The molecule has 0 amide bonds. The van der Waals surface area contributed by atoms with Crippen molar-refractivity contribution in [3.63, 3.8) is 0 Å². The highest BCUT2D eigenvalue weighted by Crippen LogP contribution is 2.33. The molecule has 0 aliphatic carbocycles. The molecule has 2 rings (SSSR count). The Hall–Kier alpha value is -1.40. The maximum absolute atomic E-state index is 13.1. The molecule has 3 heteroatoms. The zero-order chi connectivity index (χ0) is 11.5. The lowest BCUT2D eigenvalue weighted by molar-refractivity contribution is -0.0102. The van der Waals surface area contributed by atoms with Crippen LogP contribution in [0.25, 0.3) is 0 Å². The summed E-state index contributed by atoms with van der Waals surface area (Å²) in [6, 6.07) is 7.19. The van der Waals surface area contributed by atoms with E-state index in [0.29, 0.717) is 12.2 Å². The van der Waals surface area contributed by atoms with Gasteiger partial charge in [0, 0.05) is 6.61 Å². The average Bonchev–Trinajstić information content (AvgIpc) is 2.32. The Bertz CT molecular complexity index is 424. The lowest BCUT2D eigenvalue weighted by Gasteiger charge is -2.27. The van der Waals surface area contributed by atoms with Crippen LogP contribution in [-0.4, -0.2) is 6.61 Å². The third kappa shape index (κ3) is 2.07. The average molecular weight is 219 g/mol. The van der Waals surface area contributed by atoms with Gasteiger partial charge in [-0.2, -0.15) is 5.26 Å². The fraction of sp³-hybridized carbons (Fsp3) is 0.462. The van der Waals surface area contributed by atoms with Crippen LogP contribution >= 0.6 is 0 Å². The molecule has 2 nitrogen and oxygen atoms in total. The minimum Gasteiger partial charge on any atom is -0.372 e. The first-order chi connectivity index (χ1) is 7.72.